The molecule has 2 rings (SSSR count). The lowest BCUT2D eigenvalue weighted by atomic mass is 9.94. The molecule has 1 saturated carbocycles. The second-order valence-electron chi connectivity index (χ2n) is 9.79. The molecule has 24 heavy (non-hydrogen) atoms. The summed E-state index contributed by atoms with van der Waals surface area (Å²) in [5.74, 6) is 0.662. The molecule has 0 saturated heterocycles. The lowest BCUT2D eigenvalue weighted by molar-refractivity contribution is 0.0121. The van der Waals surface area contributed by atoms with E-state index in [1.807, 2.05) is 0 Å². The maximum atomic E-state index is 6.13. The lowest BCUT2D eigenvalue weighted by Crippen LogP contribution is -2.37. The van der Waals surface area contributed by atoms with E-state index in [2.05, 4.69) is 78.0 Å². The number of rotatable bonds is 5. The van der Waals surface area contributed by atoms with E-state index in [9.17, 15) is 0 Å². The molecule has 1 aromatic rings. The molecule has 136 valence electrons. The minimum Gasteiger partial charge on any atom is -0.378 e. The Kier molecular flexibility index (Phi) is 6.14. The van der Waals surface area contributed by atoms with E-state index >= 15 is 0 Å². The summed E-state index contributed by atoms with van der Waals surface area (Å²) < 4.78 is 6.13. The van der Waals surface area contributed by atoms with Crippen molar-refractivity contribution in [1.29, 1.82) is 0 Å². The maximum Gasteiger partial charge on any atom is 0.0581 e. The summed E-state index contributed by atoms with van der Waals surface area (Å²) in [6.45, 7) is 16.5. The normalized spacial score (nSPS) is 23.5. The molecule has 0 aromatic heterocycles. The largest absolute Gasteiger partial charge is 0.378 e. The van der Waals surface area contributed by atoms with Gasteiger partial charge in [0.25, 0.3) is 0 Å². The zero-order valence-corrected chi connectivity index (χ0v) is 16.8. The van der Waals surface area contributed by atoms with Crippen LogP contribution in [0.25, 0.3) is 0 Å². The highest BCUT2D eigenvalue weighted by atomic mass is 16.5. The highest BCUT2D eigenvalue weighted by molar-refractivity contribution is 5.28. The topological polar surface area (TPSA) is 21.3 Å². The molecule has 0 aliphatic heterocycles. The van der Waals surface area contributed by atoms with Gasteiger partial charge in [-0.3, -0.25) is 0 Å². The Bertz CT molecular complexity index is 506. The molecule has 0 heterocycles. The van der Waals surface area contributed by atoms with Gasteiger partial charge in [-0.25, -0.2) is 0 Å². The molecule has 2 nitrogen and oxygen atoms in total. The number of hydrogen-bond acceptors (Lipinski definition) is 2. The summed E-state index contributed by atoms with van der Waals surface area (Å²) in [6.07, 6.45) is 4.06. The molecule has 2 unspecified atom stereocenters. The summed E-state index contributed by atoms with van der Waals surface area (Å²) in [6, 6.07) is 9.62. The first-order chi connectivity index (χ1) is 11.0. The van der Waals surface area contributed by atoms with Crippen LogP contribution in [-0.4, -0.2) is 18.2 Å². The van der Waals surface area contributed by atoms with Gasteiger partial charge >= 0.3 is 0 Å². The van der Waals surface area contributed by atoms with Gasteiger partial charge < -0.3 is 10.1 Å². The fourth-order valence-corrected chi connectivity index (χ4v) is 3.55. The second kappa shape index (κ2) is 7.58. The van der Waals surface area contributed by atoms with Crippen LogP contribution >= 0.6 is 0 Å². The van der Waals surface area contributed by atoms with Gasteiger partial charge in [0.15, 0.2) is 0 Å². The van der Waals surface area contributed by atoms with Gasteiger partial charge in [-0.2, -0.15) is 0 Å². The summed E-state index contributed by atoms with van der Waals surface area (Å²) in [7, 11) is 0. The Balaban J connectivity index is 1.90. The smallest absolute Gasteiger partial charge is 0.0581 e. The first-order valence-electron chi connectivity index (χ1n) is 9.53. The highest BCUT2D eigenvalue weighted by Crippen LogP contribution is 2.37. The molecule has 1 fully saturated rings. The molecule has 1 aromatic carbocycles. The van der Waals surface area contributed by atoms with E-state index in [-0.39, 0.29) is 11.0 Å². The van der Waals surface area contributed by atoms with Crippen LogP contribution in [0.3, 0.4) is 0 Å². The van der Waals surface area contributed by atoms with Gasteiger partial charge in [0.2, 0.25) is 0 Å². The van der Waals surface area contributed by atoms with Crippen molar-refractivity contribution in [2.75, 3.05) is 6.61 Å². The molecular formula is C22H37NO. The van der Waals surface area contributed by atoms with Crippen molar-refractivity contribution in [3.63, 3.8) is 0 Å². The van der Waals surface area contributed by atoms with Crippen molar-refractivity contribution in [2.45, 2.75) is 91.3 Å². The summed E-state index contributed by atoms with van der Waals surface area (Å²) >= 11 is 0. The summed E-state index contributed by atoms with van der Waals surface area (Å²) in [5, 5.41) is 3.64. The van der Waals surface area contributed by atoms with E-state index < -0.39 is 0 Å². The second-order valence-corrected chi connectivity index (χ2v) is 9.79. The van der Waals surface area contributed by atoms with E-state index in [0.29, 0.717) is 18.1 Å². The third-order valence-corrected chi connectivity index (χ3v) is 4.69. The van der Waals surface area contributed by atoms with Crippen molar-refractivity contribution >= 4 is 0 Å². The zero-order valence-electron chi connectivity index (χ0n) is 16.8. The van der Waals surface area contributed by atoms with Crippen LogP contribution in [0.15, 0.2) is 24.3 Å². The van der Waals surface area contributed by atoms with Crippen molar-refractivity contribution in [3.8, 4) is 0 Å². The van der Waals surface area contributed by atoms with Gasteiger partial charge in [0.05, 0.1) is 12.7 Å². The van der Waals surface area contributed by atoms with Crippen LogP contribution in [0.4, 0.5) is 0 Å². The molecule has 0 amide bonds. The molecule has 1 N–H and O–H groups in total. The Morgan fingerprint density at radius 2 is 1.67 bits per heavy atom. The van der Waals surface area contributed by atoms with Crippen LogP contribution in [-0.2, 0) is 4.74 Å². The lowest BCUT2D eigenvalue weighted by Gasteiger charge is -2.26. The molecule has 0 spiro atoms. The molecule has 1 aliphatic rings. The third-order valence-electron chi connectivity index (χ3n) is 4.69. The molecular weight excluding hydrogens is 294 g/mol. The highest BCUT2D eigenvalue weighted by Gasteiger charge is 2.27. The Labute approximate surface area is 149 Å². The average Bonchev–Trinajstić information content (AvgIpc) is 2.92. The average molecular weight is 332 g/mol. The molecule has 2 heteroatoms. The molecule has 1 aliphatic carbocycles. The quantitative estimate of drug-likeness (QED) is 0.732. The predicted molar refractivity (Wildman–Crippen MR) is 104 cm³/mol. The number of benzene rings is 1. The number of ether oxygens (including phenoxy) is 1. The molecule has 3 atom stereocenters. The fourth-order valence-electron chi connectivity index (χ4n) is 3.55. The van der Waals surface area contributed by atoms with Crippen molar-refractivity contribution < 1.29 is 4.74 Å². The van der Waals surface area contributed by atoms with Crippen LogP contribution in [0.5, 0.6) is 0 Å². The predicted octanol–water partition coefficient (Wildman–Crippen LogP) is 5.83. The first-order valence-corrected chi connectivity index (χ1v) is 9.53. The van der Waals surface area contributed by atoms with Crippen LogP contribution in [0.2, 0.25) is 0 Å². The standard InChI is InChI=1S/C22H37NO/c1-16(23-22(5,6)7)17-8-10-18(11-9-17)19-12-13-20(14-19)24-15-21(2,3)4/h8-11,16,19-20,23H,12-15H2,1-7H3/t16?,19?,20-/m0/s1. The monoisotopic (exact) mass is 331 g/mol. The Hall–Kier alpha value is -0.860. The number of nitrogens with one attached hydrogen (secondary N) is 1. The summed E-state index contributed by atoms with van der Waals surface area (Å²) in [5.41, 5.74) is 3.24. The van der Waals surface area contributed by atoms with Crippen molar-refractivity contribution in [1.82, 2.24) is 5.32 Å². The van der Waals surface area contributed by atoms with Gasteiger partial charge in [0, 0.05) is 11.6 Å². The van der Waals surface area contributed by atoms with E-state index in [0.717, 1.165) is 6.61 Å². The van der Waals surface area contributed by atoms with Crippen molar-refractivity contribution in [2.24, 2.45) is 5.41 Å². The summed E-state index contributed by atoms with van der Waals surface area (Å²) in [4.78, 5) is 0. The fraction of sp³-hybridized carbons (Fsp3) is 0.727. The third kappa shape index (κ3) is 6.22. The first kappa shape index (κ1) is 19.5. The maximum absolute atomic E-state index is 6.13. The Morgan fingerprint density at radius 3 is 2.21 bits per heavy atom. The number of hydrogen-bond donors (Lipinski definition) is 1. The van der Waals surface area contributed by atoms with Crippen LogP contribution < -0.4 is 5.32 Å². The zero-order chi connectivity index (χ0) is 18.0. The minimum atomic E-state index is 0.140. The molecule has 0 radical (unpaired) electrons. The van der Waals surface area contributed by atoms with Crippen LogP contribution in [0, 0.1) is 5.41 Å². The van der Waals surface area contributed by atoms with Crippen LogP contribution in [0.1, 0.15) is 90.8 Å². The van der Waals surface area contributed by atoms with Gasteiger partial charge in [-0.1, -0.05) is 45.0 Å². The Morgan fingerprint density at radius 1 is 1.04 bits per heavy atom. The van der Waals surface area contributed by atoms with Gasteiger partial charge in [-0.15, -0.1) is 0 Å². The molecule has 0 bridgehead atoms. The van der Waals surface area contributed by atoms with E-state index in [1.165, 1.54) is 30.4 Å². The van der Waals surface area contributed by atoms with Gasteiger partial charge in [-0.05, 0) is 69.4 Å². The minimum absolute atomic E-state index is 0.140. The van der Waals surface area contributed by atoms with Crippen molar-refractivity contribution in [3.05, 3.63) is 35.4 Å². The van der Waals surface area contributed by atoms with E-state index in [4.69, 9.17) is 4.74 Å². The van der Waals surface area contributed by atoms with E-state index in [1.54, 1.807) is 0 Å². The SMILES string of the molecule is CC(NC(C)(C)C)c1ccc(C2CC[C@H](OCC(C)(C)C)C2)cc1. The van der Waals surface area contributed by atoms with Gasteiger partial charge in [0.1, 0.15) is 0 Å².